The molecule has 0 bridgehead atoms. The van der Waals surface area contributed by atoms with E-state index >= 15 is 0 Å². The summed E-state index contributed by atoms with van der Waals surface area (Å²) in [6.07, 6.45) is 8.21. The minimum Gasteiger partial charge on any atom is -0.462 e. The fourth-order valence-electron chi connectivity index (χ4n) is 3.03. The van der Waals surface area contributed by atoms with Gasteiger partial charge in [-0.05, 0) is 44.6 Å². The Morgan fingerprint density at radius 1 is 1.29 bits per heavy atom. The van der Waals surface area contributed by atoms with Gasteiger partial charge in [0, 0.05) is 6.54 Å². The molecule has 1 saturated heterocycles. The van der Waals surface area contributed by atoms with E-state index in [-0.39, 0.29) is 18.0 Å². The van der Waals surface area contributed by atoms with E-state index in [0.717, 1.165) is 44.7 Å². The van der Waals surface area contributed by atoms with E-state index in [9.17, 15) is 4.79 Å². The minimum atomic E-state index is 0.0407. The predicted octanol–water partition coefficient (Wildman–Crippen LogP) is 2.50. The van der Waals surface area contributed by atoms with Crippen LogP contribution < -0.4 is 5.32 Å². The molecule has 17 heavy (non-hydrogen) atoms. The fraction of sp³-hybridized carbons (Fsp3) is 0.929. The van der Waals surface area contributed by atoms with Crippen molar-refractivity contribution >= 4 is 5.97 Å². The summed E-state index contributed by atoms with van der Waals surface area (Å²) in [7, 11) is 0. The van der Waals surface area contributed by atoms with Gasteiger partial charge >= 0.3 is 5.97 Å². The highest BCUT2D eigenvalue weighted by Crippen LogP contribution is 2.29. The lowest BCUT2D eigenvalue weighted by atomic mass is 9.85. The third-order valence-corrected chi connectivity index (χ3v) is 4.23. The van der Waals surface area contributed by atoms with Crippen molar-refractivity contribution in [3.8, 4) is 0 Å². The van der Waals surface area contributed by atoms with Crippen LogP contribution in [0.15, 0.2) is 0 Å². The molecule has 3 heteroatoms. The quantitative estimate of drug-likeness (QED) is 0.769. The lowest BCUT2D eigenvalue weighted by molar-refractivity contribution is -0.156. The highest BCUT2D eigenvalue weighted by molar-refractivity contribution is 5.73. The lowest BCUT2D eigenvalue weighted by Gasteiger charge is -2.30. The van der Waals surface area contributed by atoms with Gasteiger partial charge in [0.25, 0.3) is 0 Å². The maximum atomic E-state index is 12.0. The normalized spacial score (nSPS) is 34.3. The number of hydrogen-bond acceptors (Lipinski definition) is 3. The van der Waals surface area contributed by atoms with Crippen LogP contribution in [0.4, 0.5) is 0 Å². The fourth-order valence-corrected chi connectivity index (χ4v) is 3.03. The van der Waals surface area contributed by atoms with Crippen molar-refractivity contribution in [1.82, 2.24) is 5.32 Å². The largest absolute Gasteiger partial charge is 0.462 e. The molecule has 2 fully saturated rings. The van der Waals surface area contributed by atoms with Gasteiger partial charge in [0.1, 0.15) is 6.10 Å². The molecular formula is C14H25NO2. The summed E-state index contributed by atoms with van der Waals surface area (Å²) >= 11 is 0. The average Bonchev–Trinajstić information content (AvgIpc) is 2.40. The van der Waals surface area contributed by atoms with Crippen molar-refractivity contribution in [3.05, 3.63) is 0 Å². The van der Waals surface area contributed by atoms with Crippen LogP contribution in [0.3, 0.4) is 0 Å². The Balaban J connectivity index is 1.77. The van der Waals surface area contributed by atoms with Gasteiger partial charge in [0.15, 0.2) is 0 Å². The van der Waals surface area contributed by atoms with Gasteiger partial charge < -0.3 is 10.1 Å². The zero-order chi connectivity index (χ0) is 12.1. The van der Waals surface area contributed by atoms with E-state index in [2.05, 4.69) is 12.2 Å². The van der Waals surface area contributed by atoms with E-state index in [1.165, 1.54) is 19.3 Å². The molecule has 98 valence electrons. The van der Waals surface area contributed by atoms with E-state index in [0.29, 0.717) is 0 Å². The molecule has 0 aromatic carbocycles. The Bertz CT molecular complexity index is 249. The van der Waals surface area contributed by atoms with Crippen LogP contribution in [0, 0.1) is 11.8 Å². The molecule has 0 radical (unpaired) electrons. The van der Waals surface area contributed by atoms with Crippen LogP contribution in [0.2, 0.25) is 0 Å². The average molecular weight is 239 g/mol. The maximum absolute atomic E-state index is 12.0. The van der Waals surface area contributed by atoms with E-state index in [1.807, 2.05) is 0 Å². The molecule has 1 aliphatic carbocycles. The Hall–Kier alpha value is -0.570. The summed E-state index contributed by atoms with van der Waals surface area (Å²) in [4.78, 5) is 12.0. The second-order valence-corrected chi connectivity index (χ2v) is 5.54. The van der Waals surface area contributed by atoms with E-state index in [1.54, 1.807) is 0 Å². The first-order valence-corrected chi connectivity index (χ1v) is 7.20. The van der Waals surface area contributed by atoms with Crippen molar-refractivity contribution in [1.29, 1.82) is 0 Å². The summed E-state index contributed by atoms with van der Waals surface area (Å²) in [5.74, 6) is 0.913. The third kappa shape index (κ3) is 3.70. The lowest BCUT2D eigenvalue weighted by Crippen LogP contribution is -2.37. The van der Waals surface area contributed by atoms with Crippen molar-refractivity contribution in [2.24, 2.45) is 11.8 Å². The monoisotopic (exact) mass is 239 g/mol. The first-order valence-electron chi connectivity index (χ1n) is 7.20. The topological polar surface area (TPSA) is 38.3 Å². The summed E-state index contributed by atoms with van der Waals surface area (Å²) in [5, 5.41) is 3.27. The summed E-state index contributed by atoms with van der Waals surface area (Å²) < 4.78 is 5.68. The Morgan fingerprint density at radius 2 is 2.18 bits per heavy atom. The number of piperidine rings is 1. The second-order valence-electron chi connectivity index (χ2n) is 5.54. The molecule has 3 atom stereocenters. The highest BCUT2D eigenvalue weighted by Gasteiger charge is 2.28. The number of hydrogen-bond donors (Lipinski definition) is 1. The first kappa shape index (κ1) is 12.9. The smallest absolute Gasteiger partial charge is 0.310 e. The molecule has 1 heterocycles. The standard InChI is InChI=1S/C14H25NO2/c1-2-11-5-3-7-13(9-11)17-14(16)12-6-4-8-15-10-12/h11-13,15H,2-10H2,1H3. The second kappa shape index (κ2) is 6.39. The maximum Gasteiger partial charge on any atom is 0.310 e. The number of ether oxygens (including phenoxy) is 1. The van der Waals surface area contributed by atoms with Gasteiger partial charge in [-0.1, -0.05) is 19.8 Å². The molecule has 1 aliphatic heterocycles. The van der Waals surface area contributed by atoms with Crippen LogP contribution in [-0.2, 0) is 9.53 Å². The Morgan fingerprint density at radius 3 is 2.88 bits per heavy atom. The summed E-state index contributed by atoms with van der Waals surface area (Å²) in [5.41, 5.74) is 0. The minimum absolute atomic E-state index is 0.0407. The van der Waals surface area contributed by atoms with Crippen molar-refractivity contribution in [2.45, 2.75) is 58.0 Å². The predicted molar refractivity (Wildman–Crippen MR) is 67.7 cm³/mol. The highest BCUT2D eigenvalue weighted by atomic mass is 16.5. The molecule has 0 spiro atoms. The number of rotatable bonds is 3. The number of esters is 1. The molecule has 2 aliphatic rings. The van der Waals surface area contributed by atoms with Gasteiger partial charge in [-0.2, -0.15) is 0 Å². The van der Waals surface area contributed by atoms with Crippen LogP contribution >= 0.6 is 0 Å². The molecule has 0 amide bonds. The summed E-state index contributed by atoms with van der Waals surface area (Å²) in [6.45, 7) is 4.09. The van der Waals surface area contributed by atoms with Crippen molar-refractivity contribution in [3.63, 3.8) is 0 Å². The number of carbonyl (C=O) groups excluding carboxylic acids is 1. The van der Waals surface area contributed by atoms with Crippen LogP contribution in [0.25, 0.3) is 0 Å². The van der Waals surface area contributed by atoms with Crippen molar-refractivity contribution in [2.75, 3.05) is 13.1 Å². The SMILES string of the molecule is CCC1CCCC(OC(=O)C2CCCNC2)C1. The first-order chi connectivity index (χ1) is 8.29. The Labute approximate surface area is 104 Å². The zero-order valence-corrected chi connectivity index (χ0v) is 10.9. The number of carbonyl (C=O) groups is 1. The van der Waals surface area contributed by atoms with Gasteiger partial charge in [0.2, 0.25) is 0 Å². The molecule has 3 nitrogen and oxygen atoms in total. The van der Waals surface area contributed by atoms with Crippen LogP contribution in [-0.4, -0.2) is 25.2 Å². The molecule has 1 N–H and O–H groups in total. The summed E-state index contributed by atoms with van der Waals surface area (Å²) in [6, 6.07) is 0. The van der Waals surface area contributed by atoms with Crippen LogP contribution in [0.1, 0.15) is 51.9 Å². The molecule has 0 aromatic rings. The third-order valence-electron chi connectivity index (χ3n) is 4.23. The van der Waals surface area contributed by atoms with Gasteiger partial charge in [-0.25, -0.2) is 0 Å². The number of nitrogens with one attached hydrogen (secondary N) is 1. The Kier molecular flexibility index (Phi) is 4.84. The van der Waals surface area contributed by atoms with Crippen molar-refractivity contribution < 1.29 is 9.53 Å². The molecule has 0 aromatic heterocycles. The van der Waals surface area contributed by atoms with Gasteiger partial charge in [-0.15, -0.1) is 0 Å². The molecule has 2 rings (SSSR count). The van der Waals surface area contributed by atoms with Gasteiger partial charge in [-0.3, -0.25) is 4.79 Å². The van der Waals surface area contributed by atoms with E-state index < -0.39 is 0 Å². The molecule has 3 unspecified atom stereocenters. The molecular weight excluding hydrogens is 214 g/mol. The van der Waals surface area contributed by atoms with Gasteiger partial charge in [0.05, 0.1) is 5.92 Å². The van der Waals surface area contributed by atoms with E-state index in [4.69, 9.17) is 4.74 Å². The zero-order valence-electron chi connectivity index (χ0n) is 10.9. The molecule has 1 saturated carbocycles. The van der Waals surface area contributed by atoms with Crippen LogP contribution in [0.5, 0.6) is 0 Å².